The van der Waals surface area contributed by atoms with E-state index in [0.29, 0.717) is 0 Å². The molecule has 52 heavy (non-hydrogen) atoms. The lowest BCUT2D eigenvalue weighted by Crippen LogP contribution is -2.60. The van der Waals surface area contributed by atoms with Gasteiger partial charge in [0, 0.05) is 40.6 Å². The highest BCUT2D eigenvalue weighted by atomic mass is 16.5. The Morgan fingerprint density at radius 2 is 1.00 bits per heavy atom. The molecule has 5 aliphatic rings. The summed E-state index contributed by atoms with van der Waals surface area (Å²) in [6.07, 6.45) is 4.26. The van der Waals surface area contributed by atoms with Gasteiger partial charge in [-0.25, -0.2) is 0 Å². The van der Waals surface area contributed by atoms with Crippen molar-refractivity contribution in [3.05, 3.63) is 175 Å². The van der Waals surface area contributed by atoms with Crippen LogP contribution in [0.3, 0.4) is 0 Å². The van der Waals surface area contributed by atoms with Crippen molar-refractivity contribution >= 4 is 79.9 Å². The molecular formula is C46H30B2N2O2. The van der Waals surface area contributed by atoms with Crippen LogP contribution in [0.4, 0.5) is 28.4 Å². The second kappa shape index (κ2) is 10.6. The minimum Gasteiger partial charge on any atom is -0.463 e. The predicted octanol–water partition coefficient (Wildman–Crippen LogP) is 7.87. The summed E-state index contributed by atoms with van der Waals surface area (Å²) < 4.78 is 13.8. The van der Waals surface area contributed by atoms with Crippen LogP contribution in [0.2, 0.25) is 0 Å². The van der Waals surface area contributed by atoms with E-state index in [2.05, 4.69) is 168 Å². The molecule has 7 aromatic carbocycles. The Labute approximate surface area is 303 Å². The van der Waals surface area contributed by atoms with Crippen molar-refractivity contribution in [1.29, 1.82) is 0 Å². The fourth-order valence-corrected chi connectivity index (χ4v) is 9.65. The third-order valence-electron chi connectivity index (χ3n) is 11.6. The van der Waals surface area contributed by atoms with Crippen LogP contribution in [0.5, 0.6) is 17.2 Å². The summed E-state index contributed by atoms with van der Waals surface area (Å²) in [7, 11) is 0. The van der Waals surface area contributed by atoms with E-state index in [1.807, 2.05) is 0 Å². The molecule has 242 valence electrons. The van der Waals surface area contributed by atoms with Crippen LogP contribution < -0.4 is 46.6 Å². The molecule has 0 fully saturated rings. The Bertz CT molecular complexity index is 2720. The van der Waals surface area contributed by atoms with Crippen molar-refractivity contribution in [3.63, 3.8) is 0 Å². The molecule has 0 atom stereocenters. The molecule has 1 aliphatic carbocycles. The fourth-order valence-electron chi connectivity index (χ4n) is 9.65. The van der Waals surface area contributed by atoms with Crippen molar-refractivity contribution in [3.8, 4) is 17.2 Å². The summed E-state index contributed by atoms with van der Waals surface area (Å²) in [6.45, 7) is 0.0484. The molecule has 0 saturated carbocycles. The first-order chi connectivity index (χ1) is 25.8. The number of fused-ring (bicyclic) bond motifs is 11. The van der Waals surface area contributed by atoms with Gasteiger partial charge in [-0.3, -0.25) is 0 Å². The topological polar surface area (TPSA) is 24.9 Å². The zero-order valence-electron chi connectivity index (χ0n) is 28.3. The van der Waals surface area contributed by atoms with Crippen LogP contribution in [0.15, 0.2) is 175 Å². The molecule has 0 bridgehead atoms. The molecule has 0 N–H and O–H groups in total. The monoisotopic (exact) mass is 664 g/mol. The second-order valence-electron chi connectivity index (χ2n) is 14.2. The molecule has 7 aromatic rings. The fraction of sp³-hybridized carbons (Fsp3) is 0.0435. The van der Waals surface area contributed by atoms with E-state index in [-0.39, 0.29) is 13.4 Å². The Balaban J connectivity index is 1.11. The normalized spacial score (nSPS) is 15.7. The van der Waals surface area contributed by atoms with Gasteiger partial charge in [0.2, 0.25) is 0 Å². The number of para-hydroxylation sites is 4. The highest BCUT2D eigenvalue weighted by molar-refractivity contribution is 7.01. The Morgan fingerprint density at radius 3 is 1.73 bits per heavy atom. The third kappa shape index (κ3) is 3.73. The average Bonchev–Trinajstić information content (AvgIpc) is 3.21. The first-order valence-electron chi connectivity index (χ1n) is 18.2. The Kier molecular flexibility index (Phi) is 5.75. The number of anilines is 5. The maximum Gasteiger partial charge on any atom is 0.257 e. The number of hydrogen-bond donors (Lipinski definition) is 0. The van der Waals surface area contributed by atoms with Gasteiger partial charge in [0.25, 0.3) is 13.4 Å². The second-order valence-corrected chi connectivity index (χ2v) is 14.2. The summed E-state index contributed by atoms with van der Waals surface area (Å²) >= 11 is 0. The molecule has 4 aliphatic heterocycles. The number of rotatable bonds is 2. The van der Waals surface area contributed by atoms with Gasteiger partial charge in [0.15, 0.2) is 0 Å². The minimum atomic E-state index is 0.00417. The van der Waals surface area contributed by atoms with E-state index < -0.39 is 0 Å². The van der Waals surface area contributed by atoms with E-state index in [9.17, 15) is 0 Å². The molecule has 0 unspecified atom stereocenters. The highest BCUT2D eigenvalue weighted by Crippen LogP contribution is 2.46. The van der Waals surface area contributed by atoms with Crippen molar-refractivity contribution in [1.82, 2.24) is 0 Å². The summed E-state index contributed by atoms with van der Waals surface area (Å²) in [5, 5.41) is 2.43. The zero-order chi connectivity index (χ0) is 33.9. The van der Waals surface area contributed by atoms with Gasteiger partial charge in [-0.05, 0) is 111 Å². The van der Waals surface area contributed by atoms with Crippen molar-refractivity contribution in [2.24, 2.45) is 0 Å². The summed E-state index contributed by atoms with van der Waals surface area (Å²) in [5.41, 5.74) is 14.7. The van der Waals surface area contributed by atoms with Gasteiger partial charge in [-0.2, -0.15) is 0 Å². The summed E-state index contributed by atoms with van der Waals surface area (Å²) in [4.78, 5) is 4.83. The zero-order valence-corrected chi connectivity index (χ0v) is 28.3. The molecule has 0 spiro atoms. The third-order valence-corrected chi connectivity index (χ3v) is 11.6. The van der Waals surface area contributed by atoms with E-state index in [1.54, 1.807) is 0 Å². The Hall–Kier alpha value is -6.39. The molecule has 0 radical (unpaired) electrons. The minimum absolute atomic E-state index is 0.00417. The van der Waals surface area contributed by atoms with Gasteiger partial charge in [-0.15, -0.1) is 0 Å². The van der Waals surface area contributed by atoms with Crippen molar-refractivity contribution in [2.75, 3.05) is 9.80 Å². The molecule has 6 heteroatoms. The lowest BCUT2D eigenvalue weighted by Gasteiger charge is -2.44. The lowest BCUT2D eigenvalue weighted by atomic mass is 9.31. The van der Waals surface area contributed by atoms with Crippen LogP contribution in [0.25, 0.3) is 10.8 Å². The van der Waals surface area contributed by atoms with E-state index in [4.69, 9.17) is 9.47 Å². The molecule has 12 rings (SSSR count). The standard InChI is InChI=1S/C46H30B2N2O2/c1-3-13-29(14-4-1)49-35-19-9-7-17-33(35)47-43-31-25-28-42-44(32(31)26-27-41(43)51-39-23-11-21-37(49)45(39)47)48-34-18-8-10-20-36(34)50(30-15-5-2-6-16-30)38-22-12-24-40(52-42)46(38)48/h1-11,13-23,25-28H,12,24H2. The maximum absolute atomic E-state index is 6.96. The molecule has 4 nitrogen and oxygen atoms in total. The average molecular weight is 664 g/mol. The van der Waals surface area contributed by atoms with Gasteiger partial charge in [0.05, 0.1) is 0 Å². The summed E-state index contributed by atoms with van der Waals surface area (Å²) in [5.74, 6) is 3.88. The number of hydrogen-bond acceptors (Lipinski definition) is 4. The number of allylic oxidation sites excluding steroid dienone is 3. The summed E-state index contributed by atoms with van der Waals surface area (Å²) in [6, 6.07) is 54.7. The van der Waals surface area contributed by atoms with E-state index in [0.717, 1.165) is 47.2 Å². The molecule has 0 amide bonds. The Morgan fingerprint density at radius 1 is 0.442 bits per heavy atom. The number of benzene rings is 7. The first kappa shape index (κ1) is 28.3. The predicted molar refractivity (Wildman–Crippen MR) is 215 cm³/mol. The quantitative estimate of drug-likeness (QED) is 0.176. The molecule has 0 saturated heterocycles. The maximum atomic E-state index is 6.96. The van der Waals surface area contributed by atoms with Crippen molar-refractivity contribution < 1.29 is 9.47 Å². The van der Waals surface area contributed by atoms with Crippen LogP contribution in [-0.4, -0.2) is 13.4 Å². The first-order valence-corrected chi connectivity index (χ1v) is 18.2. The molecule has 0 aromatic heterocycles. The van der Waals surface area contributed by atoms with Crippen LogP contribution in [-0.2, 0) is 0 Å². The lowest BCUT2D eigenvalue weighted by molar-refractivity contribution is 0.399. The SMILES string of the molecule is C1=C2C3=C(CC1)Oc1ccc4c5c(ccc4c1B3c1ccccc1N2c1ccccc1)Oc1cccc2c1B5c1ccccc1N2c1ccccc1. The van der Waals surface area contributed by atoms with Gasteiger partial charge in [-0.1, -0.05) is 97.1 Å². The largest absolute Gasteiger partial charge is 0.463 e. The van der Waals surface area contributed by atoms with Crippen LogP contribution in [0.1, 0.15) is 12.8 Å². The van der Waals surface area contributed by atoms with Crippen molar-refractivity contribution in [2.45, 2.75) is 12.8 Å². The number of nitrogens with zero attached hydrogens (tertiary/aromatic N) is 2. The number of ether oxygens (including phenoxy) is 2. The van der Waals surface area contributed by atoms with Gasteiger partial charge in [0.1, 0.15) is 23.0 Å². The van der Waals surface area contributed by atoms with Gasteiger partial charge >= 0.3 is 0 Å². The van der Waals surface area contributed by atoms with E-state index in [1.165, 1.54) is 66.3 Å². The van der Waals surface area contributed by atoms with E-state index >= 15 is 0 Å². The van der Waals surface area contributed by atoms with Crippen LogP contribution >= 0.6 is 0 Å². The molecule has 4 heterocycles. The molecular weight excluding hydrogens is 634 g/mol. The smallest absolute Gasteiger partial charge is 0.257 e. The van der Waals surface area contributed by atoms with Crippen LogP contribution in [0, 0.1) is 0 Å². The van der Waals surface area contributed by atoms with Gasteiger partial charge < -0.3 is 19.3 Å². The highest BCUT2D eigenvalue weighted by Gasteiger charge is 2.47.